The van der Waals surface area contributed by atoms with E-state index in [-0.39, 0.29) is 6.10 Å². The van der Waals surface area contributed by atoms with E-state index in [9.17, 15) is 0 Å². The Kier molecular flexibility index (Phi) is 4.19. The molecular formula is C15H23NO. The zero-order chi connectivity index (χ0) is 12.3. The zero-order valence-electron chi connectivity index (χ0n) is 11.1. The molecular weight excluding hydrogens is 210 g/mol. The molecule has 0 radical (unpaired) electrons. The number of ether oxygens (including phenoxy) is 1. The van der Waals surface area contributed by atoms with E-state index in [0.29, 0.717) is 12.0 Å². The fourth-order valence-corrected chi connectivity index (χ4v) is 2.27. The average Bonchev–Trinajstić information content (AvgIpc) is 2.38. The van der Waals surface area contributed by atoms with Gasteiger partial charge in [0.15, 0.2) is 0 Å². The Morgan fingerprint density at radius 2 is 2.00 bits per heavy atom. The van der Waals surface area contributed by atoms with Gasteiger partial charge in [-0.15, -0.1) is 0 Å². The molecule has 17 heavy (non-hydrogen) atoms. The summed E-state index contributed by atoms with van der Waals surface area (Å²) in [6.45, 7) is 8.51. The third kappa shape index (κ3) is 3.08. The van der Waals surface area contributed by atoms with Crippen molar-refractivity contribution in [3.05, 3.63) is 35.4 Å². The van der Waals surface area contributed by atoms with Gasteiger partial charge < -0.3 is 10.1 Å². The molecule has 1 N–H and O–H groups in total. The van der Waals surface area contributed by atoms with Gasteiger partial charge in [-0.1, -0.05) is 38.1 Å². The number of morpholine rings is 1. The first-order valence-electron chi connectivity index (χ1n) is 6.66. The molecule has 0 amide bonds. The van der Waals surface area contributed by atoms with E-state index in [1.54, 1.807) is 0 Å². The second-order valence-corrected chi connectivity index (χ2v) is 5.07. The summed E-state index contributed by atoms with van der Waals surface area (Å²) in [6, 6.07) is 8.91. The van der Waals surface area contributed by atoms with E-state index >= 15 is 0 Å². The maximum atomic E-state index is 5.94. The Hall–Kier alpha value is -0.860. The number of hydrogen-bond donors (Lipinski definition) is 1. The van der Waals surface area contributed by atoms with E-state index in [1.165, 1.54) is 17.5 Å². The van der Waals surface area contributed by atoms with Crippen LogP contribution in [0.4, 0.5) is 0 Å². The largest absolute Gasteiger partial charge is 0.368 e. The summed E-state index contributed by atoms with van der Waals surface area (Å²) in [6.07, 6.45) is 1.71. The fraction of sp³-hybridized carbons (Fsp3) is 0.600. The van der Waals surface area contributed by atoms with Gasteiger partial charge in [-0.25, -0.2) is 0 Å². The minimum absolute atomic E-state index is 0.213. The smallest absolute Gasteiger partial charge is 0.0953 e. The highest BCUT2D eigenvalue weighted by molar-refractivity contribution is 5.27. The summed E-state index contributed by atoms with van der Waals surface area (Å²) in [5.74, 6) is 0.647. The molecule has 0 aromatic heterocycles. The van der Waals surface area contributed by atoms with Crippen LogP contribution in [-0.2, 0) is 4.74 Å². The monoisotopic (exact) mass is 233 g/mol. The van der Waals surface area contributed by atoms with Gasteiger partial charge in [0.2, 0.25) is 0 Å². The summed E-state index contributed by atoms with van der Waals surface area (Å²) in [7, 11) is 0. The molecule has 94 valence electrons. The van der Waals surface area contributed by atoms with Crippen LogP contribution in [0.15, 0.2) is 24.3 Å². The molecule has 1 aliphatic heterocycles. The Balaban J connectivity index is 2.06. The molecule has 1 aliphatic rings. The molecule has 0 bridgehead atoms. The van der Waals surface area contributed by atoms with Crippen LogP contribution in [0.5, 0.6) is 0 Å². The number of rotatable bonds is 3. The lowest BCUT2D eigenvalue weighted by Gasteiger charge is -2.29. The minimum atomic E-state index is 0.213. The van der Waals surface area contributed by atoms with Crippen molar-refractivity contribution in [1.82, 2.24) is 5.32 Å². The van der Waals surface area contributed by atoms with Crippen molar-refractivity contribution < 1.29 is 4.74 Å². The normalized spacial score (nSPS) is 26.8. The SMILES string of the molecule is CCC(C)c1ccc(C2CNCC(C)O2)cc1. The van der Waals surface area contributed by atoms with Crippen LogP contribution in [0.1, 0.15) is 50.3 Å². The van der Waals surface area contributed by atoms with Crippen LogP contribution in [0.25, 0.3) is 0 Å². The lowest BCUT2D eigenvalue weighted by Crippen LogP contribution is -2.38. The van der Waals surface area contributed by atoms with Gasteiger partial charge in [0.05, 0.1) is 12.2 Å². The van der Waals surface area contributed by atoms with Crippen LogP contribution in [0.3, 0.4) is 0 Å². The van der Waals surface area contributed by atoms with E-state index < -0.39 is 0 Å². The third-order valence-electron chi connectivity index (χ3n) is 3.65. The van der Waals surface area contributed by atoms with Crippen LogP contribution in [0, 0.1) is 0 Å². The summed E-state index contributed by atoms with van der Waals surface area (Å²) in [5.41, 5.74) is 2.71. The van der Waals surface area contributed by atoms with E-state index in [4.69, 9.17) is 4.74 Å². The highest BCUT2D eigenvalue weighted by Crippen LogP contribution is 2.24. The highest BCUT2D eigenvalue weighted by atomic mass is 16.5. The van der Waals surface area contributed by atoms with Crippen LogP contribution >= 0.6 is 0 Å². The van der Waals surface area contributed by atoms with Gasteiger partial charge in [-0.2, -0.15) is 0 Å². The molecule has 1 aromatic rings. The molecule has 0 saturated carbocycles. The predicted octanol–water partition coefficient (Wildman–Crippen LogP) is 3.25. The van der Waals surface area contributed by atoms with Crippen molar-refractivity contribution >= 4 is 0 Å². The first-order chi connectivity index (χ1) is 8.20. The van der Waals surface area contributed by atoms with Crippen LogP contribution < -0.4 is 5.32 Å². The van der Waals surface area contributed by atoms with Gasteiger partial charge in [0.25, 0.3) is 0 Å². The van der Waals surface area contributed by atoms with Crippen molar-refractivity contribution in [2.45, 2.75) is 45.3 Å². The van der Waals surface area contributed by atoms with Crippen molar-refractivity contribution in [3.8, 4) is 0 Å². The first-order valence-corrected chi connectivity index (χ1v) is 6.66. The number of nitrogens with one attached hydrogen (secondary N) is 1. The van der Waals surface area contributed by atoms with Gasteiger partial charge in [0, 0.05) is 13.1 Å². The Morgan fingerprint density at radius 1 is 1.29 bits per heavy atom. The molecule has 1 fully saturated rings. The summed E-state index contributed by atoms with van der Waals surface area (Å²) >= 11 is 0. The second-order valence-electron chi connectivity index (χ2n) is 5.07. The molecule has 3 atom stereocenters. The van der Waals surface area contributed by atoms with Crippen molar-refractivity contribution in [3.63, 3.8) is 0 Å². The van der Waals surface area contributed by atoms with E-state index in [2.05, 4.69) is 50.4 Å². The molecule has 2 rings (SSSR count). The maximum Gasteiger partial charge on any atom is 0.0953 e. The number of benzene rings is 1. The van der Waals surface area contributed by atoms with Gasteiger partial charge in [-0.05, 0) is 30.4 Å². The lowest BCUT2D eigenvalue weighted by atomic mass is 9.96. The third-order valence-corrected chi connectivity index (χ3v) is 3.65. The van der Waals surface area contributed by atoms with E-state index in [1.807, 2.05) is 0 Å². The van der Waals surface area contributed by atoms with Gasteiger partial charge in [0.1, 0.15) is 0 Å². The highest BCUT2D eigenvalue weighted by Gasteiger charge is 2.20. The van der Waals surface area contributed by atoms with E-state index in [0.717, 1.165) is 13.1 Å². The standard InChI is InChI=1S/C15H23NO/c1-4-11(2)13-5-7-14(8-6-13)15-10-16-9-12(3)17-15/h5-8,11-12,15-16H,4,9-10H2,1-3H3. The van der Waals surface area contributed by atoms with Crippen molar-refractivity contribution in [2.75, 3.05) is 13.1 Å². The van der Waals surface area contributed by atoms with Gasteiger partial charge >= 0.3 is 0 Å². The lowest BCUT2D eigenvalue weighted by molar-refractivity contribution is -0.0287. The molecule has 1 aromatic carbocycles. The average molecular weight is 233 g/mol. The second kappa shape index (κ2) is 5.65. The quantitative estimate of drug-likeness (QED) is 0.865. The summed E-state index contributed by atoms with van der Waals surface area (Å²) in [5, 5.41) is 3.41. The molecule has 3 unspecified atom stereocenters. The maximum absolute atomic E-state index is 5.94. The molecule has 0 spiro atoms. The molecule has 0 aliphatic carbocycles. The van der Waals surface area contributed by atoms with Gasteiger partial charge in [-0.3, -0.25) is 0 Å². The summed E-state index contributed by atoms with van der Waals surface area (Å²) in [4.78, 5) is 0. The predicted molar refractivity (Wildman–Crippen MR) is 71.3 cm³/mol. The minimum Gasteiger partial charge on any atom is -0.368 e. The van der Waals surface area contributed by atoms with Crippen molar-refractivity contribution in [1.29, 1.82) is 0 Å². The molecule has 1 saturated heterocycles. The van der Waals surface area contributed by atoms with Crippen molar-refractivity contribution in [2.24, 2.45) is 0 Å². The topological polar surface area (TPSA) is 21.3 Å². The fourth-order valence-electron chi connectivity index (χ4n) is 2.27. The Morgan fingerprint density at radius 3 is 2.59 bits per heavy atom. The Bertz CT molecular complexity index is 346. The molecule has 1 heterocycles. The number of hydrogen-bond acceptors (Lipinski definition) is 2. The Labute approximate surface area is 104 Å². The van der Waals surface area contributed by atoms with Crippen LogP contribution in [0.2, 0.25) is 0 Å². The molecule has 2 nitrogen and oxygen atoms in total. The summed E-state index contributed by atoms with van der Waals surface area (Å²) < 4.78 is 5.94. The zero-order valence-corrected chi connectivity index (χ0v) is 11.1. The molecule has 2 heteroatoms. The first kappa shape index (κ1) is 12.6. The van der Waals surface area contributed by atoms with Crippen LogP contribution in [-0.4, -0.2) is 19.2 Å².